The molecule has 2 aliphatic rings. The van der Waals surface area contributed by atoms with Crippen molar-refractivity contribution in [3.8, 4) is 40.1 Å². The van der Waals surface area contributed by atoms with Gasteiger partial charge in [0.1, 0.15) is 34.0 Å². The van der Waals surface area contributed by atoms with Gasteiger partial charge in [-0.05, 0) is 45.0 Å². The van der Waals surface area contributed by atoms with E-state index in [1.165, 1.54) is 51.7 Å². The van der Waals surface area contributed by atoms with Crippen molar-refractivity contribution >= 4 is 23.0 Å². The third-order valence-corrected chi connectivity index (χ3v) is 7.14. The summed E-state index contributed by atoms with van der Waals surface area (Å²) in [4.78, 5) is 40.9. The Bertz CT molecular complexity index is 1730. The van der Waals surface area contributed by atoms with E-state index in [1.807, 2.05) is 0 Å². The number of ether oxygens (including phenoxy) is 2. The van der Waals surface area contributed by atoms with Gasteiger partial charge >= 0.3 is 0 Å². The van der Waals surface area contributed by atoms with E-state index in [0.717, 1.165) is 6.08 Å². The van der Waals surface area contributed by atoms with Gasteiger partial charge in [-0.15, -0.1) is 10.2 Å². The zero-order valence-corrected chi connectivity index (χ0v) is 22.4. The van der Waals surface area contributed by atoms with Gasteiger partial charge in [-0.25, -0.2) is 0 Å². The molecule has 1 unspecified atom stereocenters. The Balaban J connectivity index is 1.65. The van der Waals surface area contributed by atoms with Crippen LogP contribution >= 0.6 is 0 Å². The highest BCUT2D eigenvalue weighted by Crippen LogP contribution is 2.57. The van der Waals surface area contributed by atoms with Crippen molar-refractivity contribution in [2.24, 2.45) is 7.05 Å². The first-order chi connectivity index (χ1) is 18.8. The molecule has 40 heavy (non-hydrogen) atoms. The standard InChI is InChI=1S/C27H25N5O8/c1-10-21(35)19(12(3)33)24-20(22(10)36)27(4)17(40-24)9-15(34)18(25(27)38)11(2)28-14-7-13(8-16(39-6)23(14)37)26-29-31-32(5)30-26/h7-9,28,35-37H,1-6H3. The fourth-order valence-electron chi connectivity index (χ4n) is 5.01. The number of carbonyl (C=O) groups excluding carboxylic acids is 3. The molecule has 2 aromatic carbocycles. The number of benzene rings is 2. The van der Waals surface area contributed by atoms with E-state index >= 15 is 0 Å². The average molecular weight is 548 g/mol. The van der Waals surface area contributed by atoms with E-state index in [1.54, 1.807) is 7.05 Å². The van der Waals surface area contributed by atoms with Crippen LogP contribution in [0.2, 0.25) is 0 Å². The molecular formula is C27H25N5O8. The predicted molar refractivity (Wildman–Crippen MR) is 139 cm³/mol. The Hall–Kier alpha value is -5.20. The van der Waals surface area contributed by atoms with Crippen LogP contribution in [-0.4, -0.2) is 60.0 Å². The molecular weight excluding hydrogens is 522 g/mol. The minimum Gasteiger partial charge on any atom is -0.507 e. The second kappa shape index (κ2) is 8.93. The normalized spacial score (nSPS) is 19.0. The van der Waals surface area contributed by atoms with E-state index in [9.17, 15) is 29.7 Å². The number of aryl methyl sites for hydroxylation is 1. The van der Waals surface area contributed by atoms with E-state index in [4.69, 9.17) is 9.47 Å². The number of hydrogen-bond acceptors (Lipinski definition) is 12. The Labute approximate surface area is 227 Å². The lowest BCUT2D eigenvalue weighted by Crippen LogP contribution is -2.40. The highest BCUT2D eigenvalue weighted by atomic mass is 16.5. The third-order valence-electron chi connectivity index (χ3n) is 7.14. The number of ketones is 3. The molecule has 0 fully saturated rings. The fraction of sp³-hybridized carbons (Fsp3) is 0.259. The molecule has 13 heteroatoms. The van der Waals surface area contributed by atoms with E-state index in [0.29, 0.717) is 5.56 Å². The monoisotopic (exact) mass is 547 g/mol. The fourth-order valence-corrected chi connectivity index (χ4v) is 5.01. The number of allylic oxidation sites excluding steroid dienone is 4. The second-order valence-corrected chi connectivity index (χ2v) is 9.69. The summed E-state index contributed by atoms with van der Waals surface area (Å²) in [6.45, 7) is 5.56. The number of tetrazole rings is 1. The topological polar surface area (TPSA) is 186 Å². The number of phenolic OH excluding ortho intramolecular Hbond substituents is 3. The number of rotatable bonds is 5. The van der Waals surface area contributed by atoms with Crippen molar-refractivity contribution in [2.45, 2.75) is 33.1 Å². The lowest BCUT2D eigenvalue weighted by atomic mass is 9.70. The molecule has 5 rings (SSSR count). The number of nitrogens with zero attached hydrogens (tertiary/aromatic N) is 4. The van der Waals surface area contributed by atoms with Crippen LogP contribution in [0.15, 0.2) is 35.2 Å². The van der Waals surface area contributed by atoms with Gasteiger partial charge in [-0.1, -0.05) is 0 Å². The summed E-state index contributed by atoms with van der Waals surface area (Å²) in [7, 11) is 2.95. The summed E-state index contributed by atoms with van der Waals surface area (Å²) in [5, 5.41) is 47.1. The molecule has 3 aromatic rings. The van der Waals surface area contributed by atoms with Gasteiger partial charge in [0, 0.05) is 22.9 Å². The van der Waals surface area contributed by atoms with Crippen molar-refractivity contribution in [1.82, 2.24) is 20.2 Å². The SMILES string of the molecule is COc1cc(-c2nnn(C)n2)cc(NC(C)=C2C(=O)C=C3Oc4c(C(C)=O)c(O)c(C)c(O)c4C3(C)C2=O)c1O. The van der Waals surface area contributed by atoms with Gasteiger partial charge in [-0.2, -0.15) is 4.80 Å². The average Bonchev–Trinajstić information content (AvgIpc) is 3.45. The summed E-state index contributed by atoms with van der Waals surface area (Å²) in [5.74, 6) is -3.09. The van der Waals surface area contributed by atoms with Gasteiger partial charge in [0.05, 0.1) is 31.0 Å². The Morgan fingerprint density at radius 1 is 1.12 bits per heavy atom. The van der Waals surface area contributed by atoms with Crippen molar-refractivity contribution in [1.29, 1.82) is 0 Å². The molecule has 1 aliphatic heterocycles. The molecule has 0 amide bonds. The number of carbonyl (C=O) groups is 3. The van der Waals surface area contributed by atoms with Gasteiger partial charge in [0.15, 0.2) is 28.8 Å². The number of nitrogens with one attached hydrogen (secondary N) is 1. The zero-order valence-electron chi connectivity index (χ0n) is 22.4. The summed E-state index contributed by atoms with van der Waals surface area (Å²) in [6.07, 6.45) is 1.11. The molecule has 0 radical (unpaired) electrons. The van der Waals surface area contributed by atoms with Gasteiger partial charge in [-0.3, -0.25) is 14.4 Å². The van der Waals surface area contributed by atoms with E-state index < -0.39 is 34.3 Å². The summed E-state index contributed by atoms with van der Waals surface area (Å²) < 4.78 is 11.1. The van der Waals surface area contributed by atoms with Crippen LogP contribution in [0.4, 0.5) is 5.69 Å². The molecule has 13 nitrogen and oxygen atoms in total. The molecule has 206 valence electrons. The first-order valence-corrected chi connectivity index (χ1v) is 12.0. The van der Waals surface area contributed by atoms with Crippen molar-refractivity contribution in [3.05, 3.63) is 51.9 Å². The Morgan fingerprint density at radius 3 is 2.42 bits per heavy atom. The van der Waals surface area contributed by atoms with Crippen LogP contribution in [-0.2, 0) is 22.1 Å². The van der Waals surface area contributed by atoms with Gasteiger partial charge in [0.2, 0.25) is 5.82 Å². The maximum atomic E-state index is 14.0. The summed E-state index contributed by atoms with van der Waals surface area (Å²) in [6, 6.07) is 3.01. The number of aromatic hydroxyl groups is 3. The highest BCUT2D eigenvalue weighted by molar-refractivity contribution is 6.31. The quantitative estimate of drug-likeness (QED) is 0.159. The number of phenols is 3. The predicted octanol–water partition coefficient (Wildman–Crippen LogP) is 2.59. The maximum absolute atomic E-state index is 14.0. The van der Waals surface area contributed by atoms with Crippen LogP contribution in [0.5, 0.6) is 28.7 Å². The molecule has 4 N–H and O–H groups in total. The van der Waals surface area contributed by atoms with Crippen LogP contribution in [0, 0.1) is 6.92 Å². The largest absolute Gasteiger partial charge is 0.507 e. The van der Waals surface area contributed by atoms with Crippen LogP contribution in [0.3, 0.4) is 0 Å². The van der Waals surface area contributed by atoms with Crippen LogP contribution in [0.1, 0.15) is 42.3 Å². The zero-order chi connectivity index (χ0) is 29.3. The first-order valence-electron chi connectivity index (χ1n) is 12.0. The lowest BCUT2D eigenvalue weighted by molar-refractivity contribution is -0.123. The number of Topliss-reactive ketones (excluding diaryl/α,β-unsaturated/α-hetero) is 2. The molecule has 0 saturated carbocycles. The summed E-state index contributed by atoms with van der Waals surface area (Å²) in [5.41, 5.74) is -1.56. The number of anilines is 1. The number of hydrogen-bond donors (Lipinski definition) is 4. The summed E-state index contributed by atoms with van der Waals surface area (Å²) >= 11 is 0. The third kappa shape index (κ3) is 3.61. The lowest BCUT2D eigenvalue weighted by Gasteiger charge is -2.29. The van der Waals surface area contributed by atoms with E-state index in [-0.39, 0.29) is 62.5 Å². The molecule has 0 spiro atoms. The van der Waals surface area contributed by atoms with Gasteiger partial charge in [0.25, 0.3) is 0 Å². The molecule has 2 heterocycles. The highest BCUT2D eigenvalue weighted by Gasteiger charge is 2.56. The minimum absolute atomic E-state index is 0.00782. The Morgan fingerprint density at radius 2 is 1.82 bits per heavy atom. The molecule has 1 atom stereocenters. The van der Waals surface area contributed by atoms with Crippen molar-refractivity contribution in [2.75, 3.05) is 12.4 Å². The van der Waals surface area contributed by atoms with Gasteiger partial charge < -0.3 is 30.1 Å². The molecule has 1 aromatic heterocycles. The minimum atomic E-state index is -1.68. The van der Waals surface area contributed by atoms with Crippen LogP contribution < -0.4 is 14.8 Å². The maximum Gasteiger partial charge on any atom is 0.205 e. The molecule has 1 aliphatic carbocycles. The molecule has 0 saturated heterocycles. The van der Waals surface area contributed by atoms with Crippen molar-refractivity contribution in [3.63, 3.8) is 0 Å². The van der Waals surface area contributed by atoms with Crippen LogP contribution in [0.25, 0.3) is 11.4 Å². The smallest absolute Gasteiger partial charge is 0.205 e. The molecule has 0 bridgehead atoms. The number of aromatic nitrogens is 4. The first kappa shape index (κ1) is 26.4. The number of methoxy groups -OCH3 is 1. The Kier molecular flexibility index (Phi) is 5.90. The van der Waals surface area contributed by atoms with E-state index in [2.05, 4.69) is 20.7 Å². The van der Waals surface area contributed by atoms with Crippen molar-refractivity contribution < 1.29 is 39.2 Å². The number of fused-ring (bicyclic) bond motifs is 3. The second-order valence-electron chi connectivity index (χ2n) is 9.69.